The minimum absolute atomic E-state index is 0.0430. The van der Waals surface area contributed by atoms with E-state index in [9.17, 15) is 18.8 Å². The van der Waals surface area contributed by atoms with Gasteiger partial charge in [-0.3, -0.25) is 14.3 Å². The maximum absolute atomic E-state index is 13.5. The van der Waals surface area contributed by atoms with Gasteiger partial charge in [0.15, 0.2) is 0 Å². The Morgan fingerprint density at radius 2 is 1.70 bits per heavy atom. The van der Waals surface area contributed by atoms with E-state index >= 15 is 0 Å². The molecule has 0 fully saturated rings. The Bertz CT molecular complexity index is 969. The van der Waals surface area contributed by atoms with E-state index in [1.807, 2.05) is 0 Å². The van der Waals surface area contributed by atoms with Crippen molar-refractivity contribution < 1.29 is 36.9 Å². The molecule has 11 heteroatoms. The molecule has 1 N–H and O–H groups in total. The summed E-state index contributed by atoms with van der Waals surface area (Å²) in [5.41, 5.74) is -0.160. The number of carbonyl (C=O) groups excluding carboxylic acids is 1. The molecule has 0 spiro atoms. The fraction of sp³-hybridized carbons (Fsp3) is 0.188. The molecule has 2 aromatic carbocycles. The standard InChI is InChI=1S/C16H15ClO8P2/c1-22-26(19,23-2)16(11-7-9-12(17)10-8-11)15(18)13-5-3-4-6-14(13)24-27(20,21)25-16/h3-10H,1-2H3,(H,20,21). The SMILES string of the molecule is COP(=O)(OC)C1(c2ccc(Cl)cc2)OP(=O)(O)Oc2ccccc2C1=O. The van der Waals surface area contributed by atoms with Crippen LogP contribution in [0.25, 0.3) is 0 Å². The molecule has 3 rings (SSSR count). The Morgan fingerprint density at radius 1 is 1.11 bits per heavy atom. The molecule has 0 amide bonds. The molecule has 8 nitrogen and oxygen atoms in total. The van der Waals surface area contributed by atoms with E-state index in [2.05, 4.69) is 0 Å². The van der Waals surface area contributed by atoms with Gasteiger partial charge < -0.3 is 13.6 Å². The zero-order valence-electron chi connectivity index (χ0n) is 14.2. The second-order valence-corrected chi connectivity index (χ2v) is 9.58. The van der Waals surface area contributed by atoms with Crippen molar-refractivity contribution in [1.29, 1.82) is 0 Å². The fourth-order valence-electron chi connectivity index (χ4n) is 2.79. The summed E-state index contributed by atoms with van der Waals surface area (Å²) in [6.07, 6.45) is 0. The molecule has 1 aliphatic rings. The zero-order chi connectivity index (χ0) is 19.9. The van der Waals surface area contributed by atoms with Gasteiger partial charge in [-0.1, -0.05) is 35.9 Å². The number of benzene rings is 2. The van der Waals surface area contributed by atoms with Gasteiger partial charge in [0, 0.05) is 24.8 Å². The van der Waals surface area contributed by atoms with Crippen LogP contribution >= 0.6 is 27.0 Å². The van der Waals surface area contributed by atoms with Gasteiger partial charge in [0.2, 0.25) is 5.78 Å². The van der Waals surface area contributed by atoms with Crippen LogP contribution in [0.3, 0.4) is 0 Å². The predicted octanol–water partition coefficient (Wildman–Crippen LogP) is 4.37. The van der Waals surface area contributed by atoms with Crippen LogP contribution in [0.15, 0.2) is 48.5 Å². The van der Waals surface area contributed by atoms with Crippen molar-refractivity contribution in [3.63, 3.8) is 0 Å². The van der Waals surface area contributed by atoms with E-state index in [4.69, 9.17) is 29.7 Å². The first-order valence-corrected chi connectivity index (χ1v) is 11.0. The minimum Gasteiger partial charge on any atom is -0.403 e. The van der Waals surface area contributed by atoms with Gasteiger partial charge in [-0.05, 0) is 24.3 Å². The van der Waals surface area contributed by atoms with Gasteiger partial charge in [-0.15, -0.1) is 0 Å². The summed E-state index contributed by atoms with van der Waals surface area (Å²) in [6.45, 7) is 0. The second kappa shape index (κ2) is 7.15. The van der Waals surface area contributed by atoms with Gasteiger partial charge in [0.25, 0.3) is 5.34 Å². The maximum atomic E-state index is 13.5. The molecule has 144 valence electrons. The molecule has 0 saturated heterocycles. The number of halogens is 1. The topological polar surface area (TPSA) is 108 Å². The molecular formula is C16H15ClO8P2. The van der Waals surface area contributed by atoms with E-state index in [0.29, 0.717) is 5.02 Å². The number of rotatable bonds is 4. The van der Waals surface area contributed by atoms with Crippen molar-refractivity contribution in [2.24, 2.45) is 0 Å². The molecule has 1 aliphatic heterocycles. The van der Waals surface area contributed by atoms with E-state index in [1.165, 1.54) is 48.5 Å². The van der Waals surface area contributed by atoms with Gasteiger partial charge in [0.05, 0.1) is 5.56 Å². The van der Waals surface area contributed by atoms with Gasteiger partial charge in [0.1, 0.15) is 5.75 Å². The molecule has 27 heavy (non-hydrogen) atoms. The van der Waals surface area contributed by atoms with Crippen LogP contribution in [0.4, 0.5) is 0 Å². The number of ketones is 1. The highest BCUT2D eigenvalue weighted by Crippen LogP contribution is 2.71. The number of phosphoric acid groups is 1. The largest absolute Gasteiger partial charge is 0.529 e. The highest BCUT2D eigenvalue weighted by Gasteiger charge is 2.64. The molecule has 1 heterocycles. The lowest BCUT2D eigenvalue weighted by molar-refractivity contribution is 0.0503. The van der Waals surface area contributed by atoms with Crippen LogP contribution in [0.5, 0.6) is 5.75 Å². The Labute approximate surface area is 160 Å². The minimum atomic E-state index is -4.91. The summed E-state index contributed by atoms with van der Waals surface area (Å²) in [4.78, 5) is 23.7. The van der Waals surface area contributed by atoms with Crippen LogP contribution in [-0.2, 0) is 28.0 Å². The Morgan fingerprint density at radius 3 is 2.30 bits per heavy atom. The molecule has 0 saturated carbocycles. The summed E-state index contributed by atoms with van der Waals surface area (Å²) in [5.74, 6) is -1.11. The van der Waals surface area contributed by atoms with Crippen molar-refractivity contribution in [1.82, 2.24) is 0 Å². The molecular weight excluding hydrogens is 418 g/mol. The lowest BCUT2D eigenvalue weighted by atomic mass is 9.98. The number of Topliss-reactive ketones (excluding diaryl/α,β-unsaturated/α-hetero) is 1. The Balaban J connectivity index is 2.41. The smallest absolute Gasteiger partial charge is 0.403 e. The van der Waals surface area contributed by atoms with Gasteiger partial charge >= 0.3 is 15.4 Å². The summed E-state index contributed by atoms with van der Waals surface area (Å²) in [7, 11) is -7.30. The summed E-state index contributed by atoms with van der Waals surface area (Å²) in [5, 5.41) is -2.26. The average molecular weight is 433 g/mol. The van der Waals surface area contributed by atoms with E-state index in [-0.39, 0.29) is 16.9 Å². The van der Waals surface area contributed by atoms with E-state index in [0.717, 1.165) is 14.2 Å². The predicted molar refractivity (Wildman–Crippen MR) is 97.1 cm³/mol. The monoisotopic (exact) mass is 432 g/mol. The van der Waals surface area contributed by atoms with Crippen LogP contribution in [0, 0.1) is 0 Å². The number of hydrogen-bond donors (Lipinski definition) is 1. The fourth-order valence-corrected chi connectivity index (χ4v) is 6.09. The molecule has 2 atom stereocenters. The third-order valence-corrected chi connectivity index (χ3v) is 7.62. The quantitative estimate of drug-likeness (QED) is 0.709. The molecule has 2 unspecified atom stereocenters. The Kier molecular flexibility index (Phi) is 5.36. The van der Waals surface area contributed by atoms with Crippen molar-refractivity contribution in [2.45, 2.75) is 5.34 Å². The Hall–Kier alpha value is -1.50. The van der Waals surface area contributed by atoms with Crippen molar-refractivity contribution in [3.8, 4) is 5.75 Å². The molecule has 2 aromatic rings. The first-order valence-electron chi connectivity index (χ1n) is 7.54. The summed E-state index contributed by atoms with van der Waals surface area (Å²) >= 11 is 5.90. The molecule has 0 radical (unpaired) electrons. The van der Waals surface area contributed by atoms with E-state index in [1.54, 1.807) is 0 Å². The van der Waals surface area contributed by atoms with Crippen LogP contribution < -0.4 is 4.52 Å². The van der Waals surface area contributed by atoms with Crippen molar-refractivity contribution in [3.05, 3.63) is 64.7 Å². The lowest BCUT2D eigenvalue weighted by Crippen LogP contribution is -2.38. The highest BCUT2D eigenvalue weighted by molar-refractivity contribution is 7.57. The zero-order valence-corrected chi connectivity index (χ0v) is 16.7. The number of phosphoric ester groups is 1. The summed E-state index contributed by atoms with van der Waals surface area (Å²) in [6, 6.07) is 11.2. The average Bonchev–Trinajstić information content (AvgIpc) is 2.74. The van der Waals surface area contributed by atoms with Crippen LogP contribution in [0.2, 0.25) is 5.02 Å². The van der Waals surface area contributed by atoms with E-state index < -0.39 is 26.5 Å². The number of fused-ring (bicyclic) bond motifs is 1. The third-order valence-electron chi connectivity index (χ3n) is 4.00. The number of carbonyl (C=O) groups is 1. The highest BCUT2D eigenvalue weighted by atomic mass is 35.5. The summed E-state index contributed by atoms with van der Waals surface area (Å²) < 4.78 is 46.3. The van der Waals surface area contributed by atoms with Crippen LogP contribution in [0.1, 0.15) is 15.9 Å². The second-order valence-electron chi connectivity index (χ2n) is 5.49. The number of hydrogen-bond acceptors (Lipinski definition) is 7. The molecule has 0 aliphatic carbocycles. The van der Waals surface area contributed by atoms with Crippen molar-refractivity contribution >= 4 is 32.8 Å². The first-order chi connectivity index (χ1) is 12.7. The third kappa shape index (κ3) is 3.28. The lowest BCUT2D eigenvalue weighted by Gasteiger charge is -2.35. The first kappa shape index (κ1) is 20.2. The maximum Gasteiger partial charge on any atom is 0.529 e. The van der Waals surface area contributed by atoms with Crippen LogP contribution in [-0.4, -0.2) is 24.9 Å². The molecule has 0 aromatic heterocycles. The van der Waals surface area contributed by atoms with Gasteiger partial charge in [-0.2, -0.15) is 0 Å². The number of para-hydroxylation sites is 1. The normalized spacial score (nSPS) is 25.4. The molecule has 0 bridgehead atoms. The van der Waals surface area contributed by atoms with Crippen molar-refractivity contribution in [2.75, 3.05) is 14.2 Å². The van der Waals surface area contributed by atoms with Gasteiger partial charge in [-0.25, -0.2) is 9.09 Å².